The number of rotatable bonds is 1. The second-order valence-electron chi connectivity index (χ2n) is 4.75. The van der Waals surface area contributed by atoms with Crippen LogP contribution in [0.4, 0.5) is 11.4 Å². The van der Waals surface area contributed by atoms with E-state index in [-0.39, 0.29) is 5.91 Å². The van der Waals surface area contributed by atoms with Gasteiger partial charge >= 0.3 is 0 Å². The van der Waals surface area contributed by atoms with Crippen molar-refractivity contribution in [2.24, 2.45) is 5.92 Å². The van der Waals surface area contributed by atoms with Crippen LogP contribution in [0.2, 0.25) is 0 Å². The Morgan fingerprint density at radius 2 is 2.12 bits per heavy atom. The van der Waals surface area contributed by atoms with E-state index in [1.165, 1.54) is 0 Å². The molecular formula is C12H13BrN2O. The van der Waals surface area contributed by atoms with Crippen LogP contribution in [0, 0.1) is 5.92 Å². The molecule has 1 unspecified atom stereocenters. The molecule has 3 nitrogen and oxygen atoms in total. The lowest BCUT2D eigenvalue weighted by Crippen LogP contribution is -2.51. The molecule has 1 aromatic carbocycles. The van der Waals surface area contributed by atoms with E-state index in [2.05, 4.69) is 26.6 Å². The molecular weight excluding hydrogens is 268 g/mol. The average molecular weight is 281 g/mol. The monoisotopic (exact) mass is 280 g/mol. The predicted octanol–water partition coefficient (Wildman–Crippen LogP) is 2.98. The zero-order valence-corrected chi connectivity index (χ0v) is 10.6. The van der Waals surface area contributed by atoms with E-state index in [0.717, 1.165) is 28.7 Å². The quantitative estimate of drug-likeness (QED) is 0.831. The summed E-state index contributed by atoms with van der Waals surface area (Å²) in [7, 11) is 0. The van der Waals surface area contributed by atoms with E-state index in [4.69, 9.17) is 0 Å². The van der Waals surface area contributed by atoms with Crippen LogP contribution < -0.4 is 10.6 Å². The van der Waals surface area contributed by atoms with E-state index in [1.54, 1.807) is 0 Å². The van der Waals surface area contributed by atoms with Crippen molar-refractivity contribution in [3.05, 3.63) is 22.7 Å². The van der Waals surface area contributed by atoms with Gasteiger partial charge in [-0.1, -0.05) is 15.9 Å². The molecule has 0 radical (unpaired) electrons. The van der Waals surface area contributed by atoms with Crippen LogP contribution >= 0.6 is 15.9 Å². The van der Waals surface area contributed by atoms with Crippen LogP contribution in [-0.2, 0) is 4.79 Å². The highest BCUT2D eigenvalue weighted by atomic mass is 79.9. The summed E-state index contributed by atoms with van der Waals surface area (Å²) in [5.74, 6) is 0.560. The van der Waals surface area contributed by atoms with Crippen LogP contribution in [0.25, 0.3) is 0 Å². The molecule has 0 bridgehead atoms. The maximum Gasteiger partial charge on any atom is 0.250 e. The molecule has 4 heteroatoms. The van der Waals surface area contributed by atoms with Gasteiger partial charge in [0.15, 0.2) is 0 Å². The Morgan fingerprint density at radius 1 is 1.38 bits per heavy atom. The molecule has 3 rings (SSSR count). The van der Waals surface area contributed by atoms with E-state index < -0.39 is 5.54 Å². The van der Waals surface area contributed by atoms with E-state index >= 15 is 0 Å². The summed E-state index contributed by atoms with van der Waals surface area (Å²) in [5, 5.41) is 6.36. The highest BCUT2D eigenvalue weighted by Crippen LogP contribution is 2.45. The van der Waals surface area contributed by atoms with E-state index in [1.807, 2.05) is 25.1 Å². The predicted molar refractivity (Wildman–Crippen MR) is 67.5 cm³/mol. The maximum atomic E-state index is 12.1. The molecule has 1 amide bonds. The minimum absolute atomic E-state index is 0.0878. The first kappa shape index (κ1) is 10.1. The zero-order chi connectivity index (χ0) is 11.3. The first-order valence-corrected chi connectivity index (χ1v) is 6.28. The molecule has 2 aliphatic rings. The van der Waals surface area contributed by atoms with Gasteiger partial charge in [-0.15, -0.1) is 0 Å². The number of hydrogen-bond donors (Lipinski definition) is 2. The maximum absolute atomic E-state index is 12.1. The van der Waals surface area contributed by atoms with Gasteiger partial charge in [-0.25, -0.2) is 0 Å². The smallest absolute Gasteiger partial charge is 0.250 e. The Hall–Kier alpha value is -1.03. The second kappa shape index (κ2) is 3.23. The topological polar surface area (TPSA) is 41.1 Å². The third-order valence-electron chi connectivity index (χ3n) is 3.49. The van der Waals surface area contributed by atoms with Crippen LogP contribution in [0.3, 0.4) is 0 Å². The van der Waals surface area contributed by atoms with Gasteiger partial charge in [0.25, 0.3) is 0 Å². The molecule has 0 spiro atoms. The Kier molecular flexibility index (Phi) is 2.05. The normalized spacial score (nSPS) is 28.0. The first-order chi connectivity index (χ1) is 7.59. The largest absolute Gasteiger partial charge is 0.369 e. The number of benzene rings is 1. The lowest BCUT2D eigenvalue weighted by Gasteiger charge is -2.36. The fourth-order valence-corrected chi connectivity index (χ4v) is 2.63. The first-order valence-electron chi connectivity index (χ1n) is 5.49. The average Bonchev–Trinajstić information content (AvgIpc) is 3.04. The highest BCUT2D eigenvalue weighted by Gasteiger charge is 2.49. The van der Waals surface area contributed by atoms with Crippen LogP contribution in [0.5, 0.6) is 0 Å². The summed E-state index contributed by atoms with van der Waals surface area (Å²) >= 11 is 3.44. The lowest BCUT2D eigenvalue weighted by atomic mass is 9.91. The van der Waals surface area contributed by atoms with Crippen LogP contribution in [0.15, 0.2) is 22.7 Å². The van der Waals surface area contributed by atoms with Gasteiger partial charge in [0, 0.05) is 4.47 Å². The summed E-state index contributed by atoms with van der Waals surface area (Å²) < 4.78 is 1.02. The summed E-state index contributed by atoms with van der Waals surface area (Å²) in [5.41, 5.74) is 1.43. The van der Waals surface area contributed by atoms with Crippen molar-refractivity contribution in [2.75, 3.05) is 10.6 Å². The molecule has 84 valence electrons. The Morgan fingerprint density at radius 3 is 2.81 bits per heavy atom. The number of carbonyl (C=O) groups is 1. The van der Waals surface area contributed by atoms with Gasteiger partial charge in [-0.2, -0.15) is 0 Å². The Bertz CT molecular complexity index is 470. The molecule has 2 N–H and O–H groups in total. The van der Waals surface area contributed by atoms with Crippen molar-refractivity contribution in [3.8, 4) is 0 Å². The van der Waals surface area contributed by atoms with Gasteiger partial charge < -0.3 is 10.6 Å². The van der Waals surface area contributed by atoms with E-state index in [9.17, 15) is 4.79 Å². The number of amides is 1. The molecule has 1 saturated carbocycles. The molecule has 16 heavy (non-hydrogen) atoms. The molecule has 1 aliphatic heterocycles. The van der Waals surface area contributed by atoms with Gasteiger partial charge in [0.1, 0.15) is 5.54 Å². The highest BCUT2D eigenvalue weighted by molar-refractivity contribution is 9.10. The summed E-state index contributed by atoms with van der Waals surface area (Å²) in [6.45, 7) is 1.99. The van der Waals surface area contributed by atoms with Crippen molar-refractivity contribution in [2.45, 2.75) is 25.3 Å². The molecule has 1 aliphatic carbocycles. The molecule has 1 atom stereocenters. The lowest BCUT2D eigenvalue weighted by molar-refractivity contribution is -0.120. The zero-order valence-electron chi connectivity index (χ0n) is 9.01. The fourth-order valence-electron chi connectivity index (χ4n) is 2.27. The minimum atomic E-state index is -0.437. The number of anilines is 2. The molecule has 1 fully saturated rings. The third kappa shape index (κ3) is 1.44. The number of fused-ring (bicyclic) bond motifs is 1. The number of hydrogen-bond acceptors (Lipinski definition) is 2. The van der Waals surface area contributed by atoms with Gasteiger partial charge in [-0.3, -0.25) is 4.79 Å². The van der Waals surface area contributed by atoms with Crippen molar-refractivity contribution in [1.82, 2.24) is 0 Å². The fraction of sp³-hybridized carbons (Fsp3) is 0.417. The molecule has 0 saturated heterocycles. The van der Waals surface area contributed by atoms with Gasteiger partial charge in [-0.05, 0) is 43.9 Å². The molecule has 1 aromatic rings. The van der Waals surface area contributed by atoms with Crippen molar-refractivity contribution in [1.29, 1.82) is 0 Å². The number of halogens is 1. The second-order valence-corrected chi connectivity index (χ2v) is 5.66. The molecule has 0 aromatic heterocycles. The summed E-state index contributed by atoms with van der Waals surface area (Å²) in [4.78, 5) is 12.1. The Labute approximate surface area is 103 Å². The van der Waals surface area contributed by atoms with E-state index in [0.29, 0.717) is 5.92 Å². The standard InChI is InChI=1S/C12H13BrN2O/c1-12(7-2-3-7)11(16)14-9-5-4-8(13)6-10(9)15-12/h4-7,15H,2-3H2,1H3,(H,14,16). The SMILES string of the molecule is CC1(C2CC2)Nc2cc(Br)ccc2NC1=O. The van der Waals surface area contributed by atoms with Gasteiger partial charge in [0.2, 0.25) is 5.91 Å². The van der Waals surface area contributed by atoms with Crippen LogP contribution in [0.1, 0.15) is 19.8 Å². The number of nitrogens with one attached hydrogen (secondary N) is 2. The number of carbonyl (C=O) groups excluding carboxylic acids is 1. The van der Waals surface area contributed by atoms with Crippen molar-refractivity contribution in [3.63, 3.8) is 0 Å². The molecule has 1 heterocycles. The summed E-state index contributed by atoms with van der Waals surface area (Å²) in [6.07, 6.45) is 2.28. The van der Waals surface area contributed by atoms with Gasteiger partial charge in [0.05, 0.1) is 11.4 Å². The van der Waals surface area contributed by atoms with Crippen molar-refractivity contribution < 1.29 is 4.79 Å². The minimum Gasteiger partial charge on any atom is -0.369 e. The summed E-state index contributed by atoms with van der Waals surface area (Å²) in [6, 6.07) is 5.85. The van der Waals surface area contributed by atoms with Crippen LogP contribution in [-0.4, -0.2) is 11.4 Å². The third-order valence-corrected chi connectivity index (χ3v) is 3.98. The Balaban J connectivity index is 2.02. The van der Waals surface area contributed by atoms with Crippen molar-refractivity contribution >= 4 is 33.2 Å².